The molecule has 0 saturated carbocycles. The van der Waals surface area contributed by atoms with Crippen molar-refractivity contribution in [2.45, 2.75) is 6.92 Å². The molecule has 0 saturated heterocycles. The third-order valence-electron chi connectivity index (χ3n) is 3.50. The van der Waals surface area contributed by atoms with E-state index in [0.29, 0.717) is 17.1 Å². The number of benzene rings is 2. The molecule has 1 aromatic heterocycles. The lowest BCUT2D eigenvalue weighted by atomic mass is 10.1. The zero-order valence-corrected chi connectivity index (χ0v) is 13.1. The Kier molecular flexibility index (Phi) is 4.04. The van der Waals surface area contributed by atoms with Crippen LogP contribution in [0.25, 0.3) is 22.3 Å². The van der Waals surface area contributed by atoms with E-state index in [-0.39, 0.29) is 22.1 Å². The van der Waals surface area contributed by atoms with Crippen LogP contribution in [0.15, 0.2) is 51.7 Å². The normalized spacial score (nSPS) is 10.6. The first-order valence-electron chi connectivity index (χ1n) is 7.17. The molecular formula is C18H14FNO4. The van der Waals surface area contributed by atoms with Gasteiger partial charge in [-0.05, 0) is 30.3 Å². The Morgan fingerprint density at radius 1 is 1.17 bits per heavy atom. The molecule has 0 aliphatic carbocycles. The zero-order chi connectivity index (χ0) is 17.3. The molecule has 1 amide bonds. The molecule has 122 valence electrons. The smallest absolute Gasteiger partial charge is 0.221 e. The van der Waals surface area contributed by atoms with Gasteiger partial charge in [0.05, 0.1) is 18.2 Å². The molecule has 0 aliphatic heterocycles. The number of hydrogen-bond donors (Lipinski definition) is 1. The summed E-state index contributed by atoms with van der Waals surface area (Å²) in [6.07, 6.45) is 0. The molecule has 24 heavy (non-hydrogen) atoms. The number of methoxy groups -OCH3 is 1. The van der Waals surface area contributed by atoms with Gasteiger partial charge in [0.1, 0.15) is 22.9 Å². The molecule has 1 heterocycles. The molecule has 0 bridgehead atoms. The van der Waals surface area contributed by atoms with E-state index in [2.05, 4.69) is 5.32 Å². The monoisotopic (exact) mass is 327 g/mol. The zero-order valence-electron chi connectivity index (χ0n) is 13.1. The summed E-state index contributed by atoms with van der Waals surface area (Å²) in [5.41, 5.74) is 0.397. The lowest BCUT2D eigenvalue weighted by Gasteiger charge is -2.07. The number of hydrogen-bond acceptors (Lipinski definition) is 4. The number of ether oxygens (including phenoxy) is 1. The van der Waals surface area contributed by atoms with E-state index in [1.165, 1.54) is 19.1 Å². The first-order chi connectivity index (χ1) is 11.5. The van der Waals surface area contributed by atoms with Crippen molar-refractivity contribution in [3.63, 3.8) is 0 Å². The quantitative estimate of drug-likeness (QED) is 0.798. The van der Waals surface area contributed by atoms with Crippen LogP contribution in [-0.4, -0.2) is 13.0 Å². The number of amides is 1. The van der Waals surface area contributed by atoms with E-state index in [9.17, 15) is 14.0 Å². The minimum atomic E-state index is -0.673. The first kappa shape index (κ1) is 15.7. The Labute approximate surface area is 136 Å². The van der Waals surface area contributed by atoms with E-state index >= 15 is 0 Å². The van der Waals surface area contributed by atoms with Gasteiger partial charge in [0.25, 0.3) is 0 Å². The topological polar surface area (TPSA) is 68.5 Å². The fraction of sp³-hybridized carbons (Fsp3) is 0.111. The summed E-state index contributed by atoms with van der Waals surface area (Å²) in [4.78, 5) is 23.4. The van der Waals surface area contributed by atoms with Crippen LogP contribution in [-0.2, 0) is 4.79 Å². The lowest BCUT2D eigenvalue weighted by molar-refractivity contribution is -0.114. The molecule has 0 atom stereocenters. The second-order valence-corrected chi connectivity index (χ2v) is 5.21. The average molecular weight is 327 g/mol. The summed E-state index contributed by atoms with van der Waals surface area (Å²) in [6, 6.07) is 10.7. The second kappa shape index (κ2) is 6.16. The maximum atomic E-state index is 14.1. The van der Waals surface area contributed by atoms with Gasteiger partial charge >= 0.3 is 0 Å². The molecule has 0 aliphatic rings. The highest BCUT2D eigenvalue weighted by Crippen LogP contribution is 2.27. The highest BCUT2D eigenvalue weighted by atomic mass is 19.1. The fourth-order valence-electron chi connectivity index (χ4n) is 2.36. The van der Waals surface area contributed by atoms with Crippen molar-refractivity contribution in [2.75, 3.05) is 12.4 Å². The van der Waals surface area contributed by atoms with Crippen LogP contribution in [0.4, 0.5) is 10.1 Å². The van der Waals surface area contributed by atoms with Gasteiger partial charge in [-0.3, -0.25) is 9.59 Å². The third-order valence-corrected chi connectivity index (χ3v) is 3.50. The molecular weight excluding hydrogens is 313 g/mol. The predicted molar refractivity (Wildman–Crippen MR) is 88.7 cm³/mol. The molecule has 3 aromatic rings. The maximum absolute atomic E-state index is 14.1. The van der Waals surface area contributed by atoms with Gasteiger partial charge in [0, 0.05) is 24.6 Å². The van der Waals surface area contributed by atoms with Crippen molar-refractivity contribution in [1.82, 2.24) is 0 Å². The number of nitrogens with one attached hydrogen (secondary N) is 1. The Hall–Kier alpha value is -3.15. The largest absolute Gasteiger partial charge is 0.497 e. The second-order valence-electron chi connectivity index (χ2n) is 5.21. The summed E-state index contributed by atoms with van der Waals surface area (Å²) in [5, 5.41) is 2.54. The van der Waals surface area contributed by atoms with Crippen molar-refractivity contribution in [2.24, 2.45) is 0 Å². The summed E-state index contributed by atoms with van der Waals surface area (Å²) >= 11 is 0. The number of halogens is 1. The van der Waals surface area contributed by atoms with Crippen molar-refractivity contribution in [3.8, 4) is 17.1 Å². The Morgan fingerprint density at radius 3 is 2.50 bits per heavy atom. The number of rotatable bonds is 3. The van der Waals surface area contributed by atoms with Gasteiger partial charge in [-0.2, -0.15) is 0 Å². The minimum absolute atomic E-state index is 0.0560. The van der Waals surface area contributed by atoms with Gasteiger partial charge in [-0.25, -0.2) is 4.39 Å². The van der Waals surface area contributed by atoms with Crippen LogP contribution < -0.4 is 15.5 Å². The predicted octanol–water partition coefficient (Wildman–Crippen LogP) is 3.57. The van der Waals surface area contributed by atoms with Gasteiger partial charge in [0.2, 0.25) is 5.91 Å². The van der Waals surface area contributed by atoms with E-state index in [1.54, 1.807) is 31.4 Å². The van der Waals surface area contributed by atoms with Crippen molar-refractivity contribution < 1.29 is 18.3 Å². The number of carbonyl (C=O) groups excluding carboxylic acids is 1. The molecule has 0 radical (unpaired) electrons. The molecule has 2 aromatic carbocycles. The van der Waals surface area contributed by atoms with Crippen molar-refractivity contribution >= 4 is 22.6 Å². The lowest BCUT2D eigenvalue weighted by Crippen LogP contribution is -2.09. The number of anilines is 1. The summed E-state index contributed by atoms with van der Waals surface area (Å²) < 4.78 is 24.8. The van der Waals surface area contributed by atoms with E-state index in [1.807, 2.05) is 0 Å². The van der Waals surface area contributed by atoms with Crippen LogP contribution in [0.5, 0.6) is 5.75 Å². The third kappa shape index (κ3) is 2.99. The van der Waals surface area contributed by atoms with Crippen LogP contribution in [0.1, 0.15) is 6.92 Å². The van der Waals surface area contributed by atoms with Crippen LogP contribution in [0.2, 0.25) is 0 Å². The number of carbonyl (C=O) groups is 1. The van der Waals surface area contributed by atoms with Crippen LogP contribution in [0.3, 0.4) is 0 Å². The maximum Gasteiger partial charge on any atom is 0.221 e. The molecule has 3 rings (SSSR count). The standard InChI is InChI=1S/C18H14FNO4/c1-10(21)20-15-7-13-16(22)9-17(24-18(13)8-14(15)19)11-3-5-12(23-2)6-4-11/h3-9H,1-2H3,(H,20,21). The molecule has 0 unspecified atom stereocenters. The fourth-order valence-corrected chi connectivity index (χ4v) is 2.36. The Bertz CT molecular complexity index is 977. The Balaban J connectivity index is 2.12. The van der Waals surface area contributed by atoms with Crippen LogP contribution in [0, 0.1) is 5.82 Å². The molecule has 0 fully saturated rings. The van der Waals surface area contributed by atoms with Gasteiger partial charge in [-0.15, -0.1) is 0 Å². The molecule has 5 nitrogen and oxygen atoms in total. The van der Waals surface area contributed by atoms with Crippen molar-refractivity contribution in [3.05, 3.63) is 58.5 Å². The van der Waals surface area contributed by atoms with E-state index in [4.69, 9.17) is 9.15 Å². The average Bonchev–Trinajstić information content (AvgIpc) is 2.55. The molecule has 1 N–H and O–H groups in total. The summed E-state index contributed by atoms with van der Waals surface area (Å²) in [7, 11) is 1.56. The van der Waals surface area contributed by atoms with Crippen molar-refractivity contribution in [1.29, 1.82) is 0 Å². The molecule has 6 heteroatoms. The molecule has 0 spiro atoms. The van der Waals surface area contributed by atoms with Gasteiger partial charge in [-0.1, -0.05) is 0 Å². The van der Waals surface area contributed by atoms with E-state index in [0.717, 1.165) is 6.07 Å². The minimum Gasteiger partial charge on any atom is -0.497 e. The van der Waals surface area contributed by atoms with E-state index < -0.39 is 11.7 Å². The summed E-state index contributed by atoms with van der Waals surface area (Å²) in [5.74, 6) is -0.102. The highest BCUT2D eigenvalue weighted by Gasteiger charge is 2.12. The van der Waals surface area contributed by atoms with Gasteiger partial charge in [0.15, 0.2) is 5.43 Å². The highest BCUT2D eigenvalue weighted by molar-refractivity contribution is 5.92. The summed E-state index contributed by atoms with van der Waals surface area (Å²) in [6.45, 7) is 1.26. The number of fused-ring (bicyclic) bond motifs is 1. The Morgan fingerprint density at radius 2 is 1.88 bits per heavy atom. The SMILES string of the molecule is COc1ccc(-c2cc(=O)c3cc(NC(C)=O)c(F)cc3o2)cc1. The van der Waals surface area contributed by atoms with Crippen LogP contribution >= 0.6 is 0 Å². The first-order valence-corrected chi connectivity index (χ1v) is 7.17. The van der Waals surface area contributed by atoms with Gasteiger partial charge < -0.3 is 14.5 Å².